The maximum absolute atomic E-state index is 7.62. The number of hydrogen-bond acceptors (Lipinski definition) is 1. The Morgan fingerprint density at radius 3 is 2.40 bits per heavy atom. The van der Waals surface area contributed by atoms with Gasteiger partial charge in [0.2, 0.25) is 0 Å². The van der Waals surface area contributed by atoms with Crippen LogP contribution < -0.4 is 0 Å². The second kappa shape index (κ2) is 4.01. The van der Waals surface area contributed by atoms with Crippen molar-refractivity contribution in [3.05, 3.63) is 41.5 Å². The van der Waals surface area contributed by atoms with Crippen LogP contribution in [0.4, 0.5) is 0 Å². The fourth-order valence-corrected chi connectivity index (χ4v) is 1.89. The Morgan fingerprint density at radius 2 is 1.93 bits per heavy atom. The summed E-state index contributed by atoms with van der Waals surface area (Å²) >= 11 is 0. The van der Waals surface area contributed by atoms with E-state index >= 15 is 0 Å². The molecule has 1 aromatic carbocycles. The summed E-state index contributed by atoms with van der Waals surface area (Å²) in [5, 5.41) is 7.62. The normalized spacial score (nSPS) is 20.9. The molecule has 1 aliphatic carbocycles. The summed E-state index contributed by atoms with van der Waals surface area (Å²) in [6, 6.07) is 10.4. The van der Waals surface area contributed by atoms with Crippen LogP contribution in [0.15, 0.2) is 35.9 Å². The molecule has 1 fully saturated rings. The fraction of sp³-hybridized carbons (Fsp3) is 0.357. The minimum Gasteiger partial charge on any atom is -0.309 e. The lowest BCUT2D eigenvalue weighted by Gasteiger charge is -2.09. The Labute approximate surface area is 91.3 Å². The highest BCUT2D eigenvalue weighted by atomic mass is 14.6. The zero-order valence-corrected chi connectivity index (χ0v) is 9.33. The van der Waals surface area contributed by atoms with E-state index in [0.717, 1.165) is 12.1 Å². The fourth-order valence-electron chi connectivity index (χ4n) is 1.89. The van der Waals surface area contributed by atoms with Crippen LogP contribution in [-0.2, 0) is 0 Å². The second-order valence-electron chi connectivity index (χ2n) is 4.49. The molecular formula is C14H17N. The average Bonchev–Trinajstić information content (AvgIpc) is 2.93. The van der Waals surface area contributed by atoms with Gasteiger partial charge < -0.3 is 5.41 Å². The summed E-state index contributed by atoms with van der Waals surface area (Å²) in [4.78, 5) is 0. The Hall–Kier alpha value is -1.37. The van der Waals surface area contributed by atoms with Gasteiger partial charge in [0, 0.05) is 11.6 Å². The van der Waals surface area contributed by atoms with Gasteiger partial charge in [0.05, 0.1) is 0 Å². The van der Waals surface area contributed by atoms with Crippen molar-refractivity contribution in [1.82, 2.24) is 0 Å². The molecule has 1 N–H and O–H groups in total. The third kappa shape index (κ3) is 2.35. The summed E-state index contributed by atoms with van der Waals surface area (Å²) in [5.74, 6) is 0.975. The van der Waals surface area contributed by atoms with Gasteiger partial charge >= 0.3 is 0 Å². The monoisotopic (exact) mass is 199 g/mol. The van der Waals surface area contributed by atoms with E-state index in [1.165, 1.54) is 11.1 Å². The Balaban J connectivity index is 2.25. The molecule has 1 nitrogen and oxygen atoms in total. The highest BCUT2D eigenvalue weighted by Crippen LogP contribution is 2.37. The van der Waals surface area contributed by atoms with Crippen LogP contribution in [0, 0.1) is 17.2 Å². The first kappa shape index (κ1) is 10.2. The lowest BCUT2D eigenvalue weighted by atomic mass is 9.96. The largest absolute Gasteiger partial charge is 0.309 e. The predicted molar refractivity (Wildman–Crippen MR) is 65.1 cm³/mol. The Morgan fingerprint density at radius 1 is 1.33 bits per heavy atom. The van der Waals surface area contributed by atoms with Gasteiger partial charge in [-0.15, -0.1) is 0 Å². The third-order valence-corrected chi connectivity index (χ3v) is 2.89. The van der Waals surface area contributed by atoms with Crippen molar-refractivity contribution in [3.8, 4) is 0 Å². The summed E-state index contributed by atoms with van der Waals surface area (Å²) in [5.41, 5.74) is 3.55. The molecule has 0 amide bonds. The van der Waals surface area contributed by atoms with Gasteiger partial charge in [-0.2, -0.15) is 0 Å². The molecule has 1 saturated carbocycles. The quantitative estimate of drug-likeness (QED) is 0.766. The van der Waals surface area contributed by atoms with E-state index in [4.69, 9.17) is 5.41 Å². The molecule has 0 radical (unpaired) electrons. The van der Waals surface area contributed by atoms with E-state index in [9.17, 15) is 0 Å². The van der Waals surface area contributed by atoms with Gasteiger partial charge in [-0.1, -0.05) is 55.8 Å². The summed E-state index contributed by atoms with van der Waals surface area (Å²) < 4.78 is 0. The summed E-state index contributed by atoms with van der Waals surface area (Å²) in [6.45, 7) is 4.42. The summed E-state index contributed by atoms with van der Waals surface area (Å²) in [7, 11) is 0. The van der Waals surface area contributed by atoms with E-state index in [-0.39, 0.29) is 0 Å². The van der Waals surface area contributed by atoms with Crippen molar-refractivity contribution in [2.24, 2.45) is 11.8 Å². The average molecular weight is 199 g/mol. The lowest BCUT2D eigenvalue weighted by molar-refractivity contribution is 0.725. The topological polar surface area (TPSA) is 23.9 Å². The predicted octanol–water partition coefficient (Wildman–Crippen LogP) is 3.77. The summed E-state index contributed by atoms with van der Waals surface area (Å²) in [6.07, 6.45) is 3.22. The molecule has 2 rings (SSSR count). The highest BCUT2D eigenvalue weighted by molar-refractivity contribution is 6.02. The number of rotatable bonds is 3. The molecule has 1 heteroatoms. The van der Waals surface area contributed by atoms with Crippen LogP contribution in [0.2, 0.25) is 0 Å². The third-order valence-electron chi connectivity index (χ3n) is 2.89. The van der Waals surface area contributed by atoms with E-state index in [0.29, 0.717) is 11.8 Å². The second-order valence-corrected chi connectivity index (χ2v) is 4.49. The molecule has 1 atom stereocenters. The van der Waals surface area contributed by atoms with E-state index in [2.05, 4.69) is 44.2 Å². The van der Waals surface area contributed by atoms with Gasteiger partial charge in [0.25, 0.3) is 0 Å². The first-order valence-electron chi connectivity index (χ1n) is 5.52. The molecule has 0 aromatic heterocycles. The first-order valence-corrected chi connectivity index (χ1v) is 5.52. The highest BCUT2D eigenvalue weighted by Gasteiger charge is 2.34. The molecule has 1 aliphatic rings. The van der Waals surface area contributed by atoms with E-state index in [1.807, 2.05) is 6.07 Å². The molecule has 1 aromatic rings. The van der Waals surface area contributed by atoms with E-state index in [1.54, 1.807) is 0 Å². The Kier molecular flexibility index (Phi) is 2.72. The number of nitrogens with one attached hydrogen (secondary N) is 1. The van der Waals surface area contributed by atoms with Crippen LogP contribution in [-0.4, -0.2) is 5.71 Å². The van der Waals surface area contributed by atoms with Gasteiger partial charge in [0.1, 0.15) is 0 Å². The van der Waals surface area contributed by atoms with Crippen LogP contribution >= 0.6 is 0 Å². The molecule has 0 aliphatic heterocycles. The van der Waals surface area contributed by atoms with Crippen LogP contribution in [0.25, 0.3) is 6.08 Å². The number of hydrogen-bond donors (Lipinski definition) is 1. The molecule has 0 saturated heterocycles. The minimum atomic E-state index is 0.435. The van der Waals surface area contributed by atoms with Crippen molar-refractivity contribution in [3.63, 3.8) is 0 Å². The van der Waals surface area contributed by atoms with Gasteiger partial charge in [-0.3, -0.25) is 0 Å². The van der Waals surface area contributed by atoms with Crippen LogP contribution in [0.5, 0.6) is 0 Å². The maximum Gasteiger partial charge on any atom is 0.0234 e. The zero-order valence-electron chi connectivity index (χ0n) is 9.33. The van der Waals surface area contributed by atoms with Gasteiger partial charge in [0.15, 0.2) is 0 Å². The molecule has 0 heterocycles. The van der Waals surface area contributed by atoms with Crippen molar-refractivity contribution in [1.29, 1.82) is 5.41 Å². The number of allylic oxidation sites excluding steroid dienone is 1. The van der Waals surface area contributed by atoms with Crippen molar-refractivity contribution >= 4 is 11.8 Å². The lowest BCUT2D eigenvalue weighted by Crippen LogP contribution is -1.97. The number of benzene rings is 1. The molecule has 0 spiro atoms. The van der Waals surface area contributed by atoms with Crippen molar-refractivity contribution in [2.45, 2.75) is 20.3 Å². The molecule has 0 bridgehead atoms. The van der Waals surface area contributed by atoms with Crippen molar-refractivity contribution in [2.75, 3.05) is 0 Å². The van der Waals surface area contributed by atoms with Crippen molar-refractivity contribution < 1.29 is 0 Å². The molecular weight excluding hydrogens is 182 g/mol. The standard InChI is InChI=1S/C14H17N/c1-10(2)12(13-9-14(13)15)8-11-6-4-3-5-7-11/h3-8,10,13,15H,9H2,1-2H3/b12-8+,15-14?/t13-/m1/s1. The molecule has 78 valence electrons. The maximum atomic E-state index is 7.62. The van der Waals surface area contributed by atoms with Crippen LogP contribution in [0.1, 0.15) is 25.8 Å². The van der Waals surface area contributed by atoms with Gasteiger partial charge in [-0.25, -0.2) is 0 Å². The van der Waals surface area contributed by atoms with E-state index < -0.39 is 0 Å². The SMILES string of the molecule is CC(C)/C(=C\c1ccccc1)[C@H]1CC1=N. The molecule has 15 heavy (non-hydrogen) atoms. The molecule has 0 unspecified atom stereocenters. The first-order chi connectivity index (χ1) is 7.18. The zero-order chi connectivity index (χ0) is 10.8. The smallest absolute Gasteiger partial charge is 0.0234 e. The Bertz CT molecular complexity index is 387. The van der Waals surface area contributed by atoms with Gasteiger partial charge in [-0.05, 0) is 17.9 Å². The van der Waals surface area contributed by atoms with Crippen LogP contribution in [0.3, 0.4) is 0 Å². The minimum absolute atomic E-state index is 0.435.